The van der Waals surface area contributed by atoms with Crippen molar-refractivity contribution in [2.75, 3.05) is 4.90 Å². The number of rotatable bonds is 6. The Bertz CT molecular complexity index is 2830. The lowest BCUT2D eigenvalue weighted by Gasteiger charge is -2.47. The second kappa shape index (κ2) is 14.0. The summed E-state index contributed by atoms with van der Waals surface area (Å²) in [7, 11) is 0. The maximum absolute atomic E-state index is 2.48. The van der Waals surface area contributed by atoms with Crippen LogP contribution in [0.15, 0.2) is 206 Å². The van der Waals surface area contributed by atoms with Gasteiger partial charge in [-0.1, -0.05) is 178 Å². The van der Waals surface area contributed by atoms with Crippen LogP contribution in [0.3, 0.4) is 0 Å². The van der Waals surface area contributed by atoms with Gasteiger partial charge in [-0.3, -0.25) is 0 Å². The SMILES string of the molecule is CC1(C)c2ccccc2C2(C3=C(C=CCC3)c3cc(-c4ccc(N(c5ccc(C6=CCCC=C6)cc5)c5ccccc5-c5ccccc5)cc4)ccc32)c2ccccc21. The van der Waals surface area contributed by atoms with Crippen molar-refractivity contribution < 1.29 is 0 Å². The normalized spacial score (nSPS) is 16.5. The molecule has 0 fully saturated rings. The van der Waals surface area contributed by atoms with E-state index in [1.165, 1.54) is 72.3 Å². The fourth-order valence-corrected chi connectivity index (χ4v) is 10.7. The van der Waals surface area contributed by atoms with Crippen molar-refractivity contribution >= 4 is 28.2 Å². The summed E-state index contributed by atoms with van der Waals surface area (Å²) in [5, 5.41) is 0. The van der Waals surface area contributed by atoms with Crippen molar-refractivity contribution in [1.29, 1.82) is 0 Å². The van der Waals surface area contributed by atoms with Gasteiger partial charge >= 0.3 is 0 Å². The van der Waals surface area contributed by atoms with E-state index in [0.717, 1.165) is 42.7 Å². The van der Waals surface area contributed by atoms with E-state index in [4.69, 9.17) is 0 Å². The largest absolute Gasteiger partial charge is 0.310 e. The van der Waals surface area contributed by atoms with E-state index in [2.05, 4.69) is 219 Å². The highest BCUT2D eigenvalue weighted by molar-refractivity contribution is 5.94. The number of nitrogens with zero attached hydrogens (tertiary/aromatic N) is 1. The van der Waals surface area contributed by atoms with Crippen LogP contribution in [0.4, 0.5) is 17.1 Å². The Morgan fingerprint density at radius 2 is 1.03 bits per heavy atom. The van der Waals surface area contributed by atoms with Crippen LogP contribution in [-0.2, 0) is 10.8 Å². The molecule has 7 aromatic carbocycles. The van der Waals surface area contributed by atoms with Crippen LogP contribution >= 0.6 is 0 Å². The van der Waals surface area contributed by atoms with Crippen LogP contribution in [0.2, 0.25) is 0 Å². The van der Waals surface area contributed by atoms with Crippen molar-refractivity contribution in [2.45, 2.75) is 50.4 Å². The molecule has 0 heterocycles. The lowest BCUT2D eigenvalue weighted by atomic mass is 9.54. The molecule has 59 heavy (non-hydrogen) atoms. The fourth-order valence-electron chi connectivity index (χ4n) is 10.7. The van der Waals surface area contributed by atoms with Crippen molar-refractivity contribution in [3.05, 3.63) is 245 Å². The molecule has 0 aromatic heterocycles. The number of benzene rings is 7. The molecule has 0 radical (unpaired) electrons. The first-order chi connectivity index (χ1) is 29.0. The van der Waals surface area contributed by atoms with Crippen LogP contribution in [-0.4, -0.2) is 0 Å². The van der Waals surface area contributed by atoms with E-state index in [1.54, 1.807) is 5.57 Å². The van der Waals surface area contributed by atoms with Gasteiger partial charge in [0, 0.05) is 22.4 Å². The zero-order chi connectivity index (χ0) is 39.6. The van der Waals surface area contributed by atoms with Crippen LogP contribution in [0.5, 0.6) is 0 Å². The monoisotopic (exact) mass is 757 g/mol. The Kier molecular flexibility index (Phi) is 8.41. The van der Waals surface area contributed by atoms with Gasteiger partial charge < -0.3 is 4.90 Å². The first-order valence-electron chi connectivity index (χ1n) is 21.3. The molecule has 11 rings (SSSR count). The lowest BCUT2D eigenvalue weighted by molar-refractivity contribution is 0.550. The van der Waals surface area contributed by atoms with E-state index >= 15 is 0 Å². The van der Waals surface area contributed by atoms with Gasteiger partial charge in [0.2, 0.25) is 0 Å². The second-order valence-corrected chi connectivity index (χ2v) is 17.0. The molecule has 0 aliphatic heterocycles. The average Bonchev–Trinajstić information content (AvgIpc) is 3.60. The van der Waals surface area contributed by atoms with Gasteiger partial charge in [0.25, 0.3) is 0 Å². The number of allylic oxidation sites excluding steroid dienone is 8. The molecule has 7 aromatic rings. The molecule has 0 N–H and O–H groups in total. The number of fused-ring (bicyclic) bond motifs is 8. The summed E-state index contributed by atoms with van der Waals surface area (Å²) >= 11 is 0. The molecule has 0 saturated carbocycles. The highest BCUT2D eigenvalue weighted by Crippen LogP contribution is 2.63. The Morgan fingerprint density at radius 1 is 0.441 bits per heavy atom. The summed E-state index contributed by atoms with van der Waals surface area (Å²) in [6.07, 6.45) is 16.0. The topological polar surface area (TPSA) is 3.24 Å². The van der Waals surface area contributed by atoms with Gasteiger partial charge in [-0.05, 0) is 134 Å². The van der Waals surface area contributed by atoms with Crippen LogP contribution in [0.25, 0.3) is 33.4 Å². The van der Waals surface area contributed by atoms with Crippen molar-refractivity contribution in [3.63, 3.8) is 0 Å². The number of hydrogen-bond acceptors (Lipinski definition) is 1. The Balaban J connectivity index is 1.03. The molecule has 1 nitrogen and oxygen atoms in total. The number of hydrogen-bond donors (Lipinski definition) is 0. The van der Waals surface area contributed by atoms with Crippen LogP contribution in [0.1, 0.15) is 78.5 Å². The first kappa shape index (κ1) is 35.5. The summed E-state index contributed by atoms with van der Waals surface area (Å²) in [4.78, 5) is 2.41. The number of anilines is 3. The minimum absolute atomic E-state index is 0.0874. The quantitative estimate of drug-likeness (QED) is 0.163. The standard InChI is InChI=1S/C58H47N/c1-57(2)52-24-12-14-26-54(52)58(55-27-15-13-25-53(55)57)50-23-11-9-22-48(50)49-39-44(33-38-51(49)58)42-31-36-46(37-32-42)59(45-34-29-41(30-35-45)40-17-5-3-6-18-40)56-28-16-10-21-47(56)43-19-7-4-8-20-43/h4-5,7-10,12-22,24-39H,3,6,11,23H2,1-2H3. The van der Waals surface area contributed by atoms with Crippen LogP contribution in [0, 0.1) is 0 Å². The van der Waals surface area contributed by atoms with Gasteiger partial charge in [0.1, 0.15) is 0 Å². The molecule has 4 aliphatic rings. The zero-order valence-corrected chi connectivity index (χ0v) is 33.8. The predicted molar refractivity (Wildman–Crippen MR) is 249 cm³/mol. The van der Waals surface area contributed by atoms with E-state index in [-0.39, 0.29) is 10.8 Å². The van der Waals surface area contributed by atoms with E-state index < -0.39 is 0 Å². The van der Waals surface area contributed by atoms with Crippen molar-refractivity contribution in [2.24, 2.45) is 0 Å². The minimum Gasteiger partial charge on any atom is -0.310 e. The molecule has 0 atom stereocenters. The first-order valence-corrected chi connectivity index (χ1v) is 21.3. The Labute approximate surface area is 349 Å². The average molecular weight is 758 g/mol. The molecular formula is C58H47N. The third kappa shape index (κ3) is 5.52. The summed E-state index contributed by atoms with van der Waals surface area (Å²) < 4.78 is 0. The summed E-state index contributed by atoms with van der Waals surface area (Å²) in [6.45, 7) is 4.80. The molecule has 0 bridgehead atoms. The van der Waals surface area contributed by atoms with Gasteiger partial charge in [-0.15, -0.1) is 0 Å². The van der Waals surface area contributed by atoms with Crippen molar-refractivity contribution in [3.8, 4) is 22.3 Å². The fraction of sp³-hybridized carbons (Fsp3) is 0.138. The van der Waals surface area contributed by atoms with E-state index in [9.17, 15) is 0 Å². The maximum Gasteiger partial charge on any atom is 0.0682 e. The van der Waals surface area contributed by atoms with E-state index in [0.29, 0.717) is 0 Å². The summed E-state index contributed by atoms with van der Waals surface area (Å²) in [5.41, 5.74) is 21.9. The maximum atomic E-state index is 2.48. The highest BCUT2D eigenvalue weighted by atomic mass is 15.1. The number of para-hydroxylation sites is 1. The molecule has 0 unspecified atom stereocenters. The Hall–Kier alpha value is -6.70. The molecule has 4 aliphatic carbocycles. The Morgan fingerprint density at radius 3 is 1.71 bits per heavy atom. The van der Waals surface area contributed by atoms with Gasteiger partial charge in [-0.25, -0.2) is 0 Å². The molecule has 0 amide bonds. The smallest absolute Gasteiger partial charge is 0.0682 e. The van der Waals surface area contributed by atoms with Gasteiger partial charge in [0.15, 0.2) is 0 Å². The van der Waals surface area contributed by atoms with Crippen molar-refractivity contribution in [1.82, 2.24) is 0 Å². The molecular weight excluding hydrogens is 711 g/mol. The van der Waals surface area contributed by atoms with Crippen LogP contribution < -0.4 is 4.90 Å². The molecule has 0 saturated heterocycles. The summed E-state index contributed by atoms with van der Waals surface area (Å²) in [5.74, 6) is 0. The zero-order valence-electron chi connectivity index (χ0n) is 33.8. The third-order valence-electron chi connectivity index (χ3n) is 13.5. The lowest BCUT2D eigenvalue weighted by Crippen LogP contribution is -2.41. The van der Waals surface area contributed by atoms with Gasteiger partial charge in [0.05, 0.1) is 11.1 Å². The van der Waals surface area contributed by atoms with E-state index in [1.807, 2.05) is 0 Å². The minimum atomic E-state index is -0.299. The molecule has 284 valence electrons. The highest BCUT2D eigenvalue weighted by Gasteiger charge is 2.54. The molecule has 1 heteroatoms. The summed E-state index contributed by atoms with van der Waals surface area (Å²) in [6, 6.07) is 63.7. The predicted octanol–water partition coefficient (Wildman–Crippen LogP) is 15.3. The second-order valence-electron chi connectivity index (χ2n) is 17.0. The van der Waals surface area contributed by atoms with Gasteiger partial charge in [-0.2, -0.15) is 0 Å². The molecule has 1 spiro atoms. The third-order valence-corrected chi connectivity index (χ3v) is 13.5.